The largest absolute Gasteiger partial charge is 0.490 e. The van der Waals surface area contributed by atoms with E-state index >= 15 is 0 Å². The van der Waals surface area contributed by atoms with Gasteiger partial charge in [0.2, 0.25) is 0 Å². The zero-order valence-electron chi connectivity index (χ0n) is 19.2. The average molecular weight is 451 g/mol. The van der Waals surface area contributed by atoms with Gasteiger partial charge in [-0.25, -0.2) is 4.79 Å². The number of carbonyl (C=O) groups excluding carboxylic acids is 1. The monoisotopic (exact) mass is 450 g/mol. The summed E-state index contributed by atoms with van der Waals surface area (Å²) in [6.45, 7) is 9.36. The van der Waals surface area contributed by atoms with Crippen LogP contribution < -0.4 is 9.47 Å². The Bertz CT molecular complexity index is 1060. The minimum Gasteiger partial charge on any atom is -0.490 e. The first-order valence-electron chi connectivity index (χ1n) is 10.9. The third kappa shape index (κ3) is 7.34. The Labute approximate surface area is 194 Å². The molecule has 0 unspecified atom stereocenters. The first kappa shape index (κ1) is 24.3. The number of rotatable bonds is 13. The molecule has 0 aliphatic carbocycles. The van der Waals surface area contributed by atoms with Gasteiger partial charge >= 0.3 is 5.97 Å². The number of aryl methyl sites for hydroxylation is 1. The fourth-order valence-electron chi connectivity index (χ4n) is 3.18. The summed E-state index contributed by atoms with van der Waals surface area (Å²) in [6.07, 6.45) is 0. The maximum absolute atomic E-state index is 11.3. The molecule has 6 nitrogen and oxygen atoms in total. The number of fused-ring (bicyclic) bond motifs is 1. The molecule has 0 aromatic heterocycles. The van der Waals surface area contributed by atoms with Gasteiger partial charge in [0.15, 0.2) is 0 Å². The smallest absolute Gasteiger partial charge is 0.333 e. The molecular formula is C27H30O6. The maximum Gasteiger partial charge on any atom is 0.333 e. The highest BCUT2D eigenvalue weighted by atomic mass is 16.6. The summed E-state index contributed by atoms with van der Waals surface area (Å²) in [5, 5.41) is 1.99. The van der Waals surface area contributed by atoms with Crippen LogP contribution in [0.25, 0.3) is 10.8 Å². The van der Waals surface area contributed by atoms with Gasteiger partial charge in [0.1, 0.15) is 30.5 Å². The minimum atomic E-state index is -0.408. The Hall–Kier alpha value is -3.35. The van der Waals surface area contributed by atoms with Crippen LogP contribution in [0.2, 0.25) is 0 Å². The lowest BCUT2D eigenvalue weighted by Crippen LogP contribution is -2.14. The zero-order valence-corrected chi connectivity index (χ0v) is 19.2. The normalized spacial score (nSPS) is 10.7. The molecule has 0 amide bonds. The van der Waals surface area contributed by atoms with Crippen LogP contribution in [0.15, 0.2) is 72.8 Å². The second-order valence-corrected chi connectivity index (χ2v) is 7.47. The number of hydrogen-bond acceptors (Lipinski definition) is 6. The first-order chi connectivity index (χ1) is 16.1. The van der Waals surface area contributed by atoms with Crippen LogP contribution in [0, 0.1) is 6.92 Å². The molecule has 3 aromatic carbocycles. The van der Waals surface area contributed by atoms with E-state index in [0.29, 0.717) is 38.6 Å². The Morgan fingerprint density at radius 2 is 1.42 bits per heavy atom. The second-order valence-electron chi connectivity index (χ2n) is 7.47. The van der Waals surface area contributed by atoms with Gasteiger partial charge in [-0.3, -0.25) is 0 Å². The Kier molecular flexibility index (Phi) is 9.30. The van der Waals surface area contributed by atoms with Gasteiger partial charge in [0.05, 0.1) is 26.4 Å². The van der Waals surface area contributed by atoms with Gasteiger partial charge in [-0.2, -0.15) is 0 Å². The van der Waals surface area contributed by atoms with Gasteiger partial charge in [0, 0.05) is 16.3 Å². The van der Waals surface area contributed by atoms with Crippen LogP contribution >= 0.6 is 0 Å². The number of carbonyl (C=O) groups is 1. The topological polar surface area (TPSA) is 63.2 Å². The van der Waals surface area contributed by atoms with Crippen LogP contribution in [0.1, 0.15) is 12.5 Å². The molecule has 0 spiro atoms. The van der Waals surface area contributed by atoms with Crippen LogP contribution in [0.5, 0.6) is 17.2 Å². The standard InChI is InChI=1S/C27H30O6/c1-20(2)27(28)32-18-16-30-14-13-29-15-17-31-26-21(3)19-25(23-11-7-8-12-24(23)26)33-22-9-5-4-6-10-22/h4-12,19H,1,13-18H2,2-3H3. The third-order valence-corrected chi connectivity index (χ3v) is 4.77. The molecule has 0 aliphatic heterocycles. The van der Waals surface area contributed by atoms with Gasteiger partial charge < -0.3 is 23.7 Å². The Morgan fingerprint density at radius 1 is 0.818 bits per heavy atom. The third-order valence-electron chi connectivity index (χ3n) is 4.77. The molecular weight excluding hydrogens is 420 g/mol. The number of hydrogen-bond donors (Lipinski definition) is 0. The van der Waals surface area contributed by atoms with Gasteiger partial charge in [-0.15, -0.1) is 0 Å². The van der Waals surface area contributed by atoms with E-state index in [4.69, 9.17) is 23.7 Å². The SMILES string of the molecule is C=C(C)C(=O)OCCOCCOCCOc1c(C)cc(Oc2ccccc2)c2ccccc12. The van der Waals surface area contributed by atoms with Crippen LogP contribution in [-0.2, 0) is 19.0 Å². The fraction of sp³-hybridized carbons (Fsp3) is 0.296. The molecule has 3 aromatic rings. The summed E-state index contributed by atoms with van der Waals surface area (Å²) in [5.74, 6) is 2.00. The quantitative estimate of drug-likeness (QED) is 0.195. The zero-order chi connectivity index (χ0) is 23.5. The molecule has 0 heterocycles. The summed E-state index contributed by atoms with van der Waals surface area (Å²) >= 11 is 0. The summed E-state index contributed by atoms with van der Waals surface area (Å²) in [7, 11) is 0. The molecule has 0 aliphatic rings. The van der Waals surface area contributed by atoms with E-state index in [1.165, 1.54) is 0 Å². The van der Waals surface area contributed by atoms with Crippen molar-refractivity contribution in [2.24, 2.45) is 0 Å². The molecule has 0 N–H and O–H groups in total. The average Bonchev–Trinajstić information content (AvgIpc) is 2.82. The highest BCUT2D eigenvalue weighted by molar-refractivity contribution is 5.94. The molecule has 0 radical (unpaired) electrons. The molecule has 6 heteroatoms. The maximum atomic E-state index is 11.3. The number of para-hydroxylation sites is 1. The lowest BCUT2D eigenvalue weighted by molar-refractivity contribution is -0.140. The lowest BCUT2D eigenvalue weighted by atomic mass is 10.0. The van der Waals surface area contributed by atoms with Crippen molar-refractivity contribution in [1.82, 2.24) is 0 Å². The second kappa shape index (κ2) is 12.6. The van der Waals surface area contributed by atoms with E-state index in [9.17, 15) is 4.79 Å². The lowest BCUT2D eigenvalue weighted by Gasteiger charge is -2.16. The molecule has 33 heavy (non-hydrogen) atoms. The number of ether oxygens (including phenoxy) is 5. The summed E-state index contributed by atoms with van der Waals surface area (Å²) in [4.78, 5) is 11.3. The number of benzene rings is 3. The van der Waals surface area contributed by atoms with Gasteiger partial charge in [-0.05, 0) is 37.6 Å². The Morgan fingerprint density at radius 3 is 2.12 bits per heavy atom. The molecule has 0 fully saturated rings. The number of esters is 1. The molecule has 0 saturated carbocycles. The van der Waals surface area contributed by atoms with Crippen LogP contribution in [0.4, 0.5) is 0 Å². The van der Waals surface area contributed by atoms with Crippen molar-refractivity contribution < 1.29 is 28.5 Å². The van der Waals surface area contributed by atoms with Gasteiger partial charge in [0.25, 0.3) is 0 Å². The summed E-state index contributed by atoms with van der Waals surface area (Å²) < 4.78 is 28.1. The highest BCUT2D eigenvalue weighted by Gasteiger charge is 2.12. The van der Waals surface area contributed by atoms with Crippen LogP contribution in [-0.4, -0.2) is 45.6 Å². The predicted molar refractivity (Wildman–Crippen MR) is 128 cm³/mol. The predicted octanol–water partition coefficient (Wildman–Crippen LogP) is 5.47. The van der Waals surface area contributed by atoms with Gasteiger partial charge in [-0.1, -0.05) is 49.0 Å². The summed E-state index contributed by atoms with van der Waals surface area (Å²) in [6, 6.07) is 19.8. The van der Waals surface area contributed by atoms with E-state index in [2.05, 4.69) is 6.58 Å². The van der Waals surface area contributed by atoms with E-state index in [1.54, 1.807) is 6.92 Å². The van der Waals surface area contributed by atoms with Crippen molar-refractivity contribution in [2.45, 2.75) is 13.8 Å². The molecule has 0 saturated heterocycles. The van der Waals surface area contributed by atoms with E-state index in [1.807, 2.05) is 67.6 Å². The highest BCUT2D eigenvalue weighted by Crippen LogP contribution is 2.38. The van der Waals surface area contributed by atoms with Crippen molar-refractivity contribution in [3.8, 4) is 17.2 Å². The minimum absolute atomic E-state index is 0.200. The summed E-state index contributed by atoms with van der Waals surface area (Å²) in [5.41, 5.74) is 1.37. The van der Waals surface area contributed by atoms with Crippen molar-refractivity contribution >= 4 is 16.7 Å². The first-order valence-corrected chi connectivity index (χ1v) is 10.9. The fourth-order valence-corrected chi connectivity index (χ4v) is 3.18. The van der Waals surface area contributed by atoms with Crippen molar-refractivity contribution in [3.05, 3.63) is 78.4 Å². The molecule has 0 atom stereocenters. The van der Waals surface area contributed by atoms with E-state index < -0.39 is 5.97 Å². The molecule has 0 bridgehead atoms. The van der Waals surface area contributed by atoms with E-state index in [0.717, 1.165) is 33.6 Å². The van der Waals surface area contributed by atoms with Crippen molar-refractivity contribution in [2.75, 3.05) is 39.6 Å². The Balaban J connectivity index is 1.45. The van der Waals surface area contributed by atoms with Crippen molar-refractivity contribution in [1.29, 1.82) is 0 Å². The van der Waals surface area contributed by atoms with Crippen LogP contribution in [0.3, 0.4) is 0 Å². The van der Waals surface area contributed by atoms with E-state index in [-0.39, 0.29) is 6.61 Å². The molecule has 3 rings (SSSR count). The van der Waals surface area contributed by atoms with Crippen molar-refractivity contribution in [3.63, 3.8) is 0 Å². The molecule has 174 valence electrons.